The van der Waals surface area contributed by atoms with Gasteiger partial charge >= 0.3 is 0 Å². The molecular formula is C62H63BN4. The highest BCUT2D eigenvalue weighted by molar-refractivity contribution is 7.00. The quantitative estimate of drug-likeness (QED) is 0.161. The number of fused-ring (bicyclic) bond motifs is 4. The minimum Gasteiger partial charge on any atom is -0.311 e. The number of benzene rings is 7. The van der Waals surface area contributed by atoms with Crippen molar-refractivity contribution in [2.24, 2.45) is 0 Å². The molecule has 0 saturated carbocycles. The van der Waals surface area contributed by atoms with Gasteiger partial charge in [0.25, 0.3) is 6.71 Å². The predicted octanol–water partition coefficient (Wildman–Crippen LogP) is 14.8. The van der Waals surface area contributed by atoms with Crippen LogP contribution in [0.25, 0.3) is 33.9 Å². The maximum absolute atomic E-state index is 5.48. The van der Waals surface area contributed by atoms with Crippen molar-refractivity contribution in [2.75, 3.05) is 9.80 Å². The van der Waals surface area contributed by atoms with Crippen LogP contribution in [0, 0.1) is 0 Å². The van der Waals surface area contributed by atoms with Gasteiger partial charge < -0.3 is 9.80 Å². The largest absolute Gasteiger partial charge is 0.311 e. The number of aromatic nitrogens is 2. The van der Waals surface area contributed by atoms with E-state index in [1.54, 1.807) is 0 Å². The van der Waals surface area contributed by atoms with Gasteiger partial charge in [0.2, 0.25) is 0 Å². The highest BCUT2D eigenvalue weighted by Gasteiger charge is 2.44. The molecule has 5 heteroatoms. The zero-order valence-electron chi connectivity index (χ0n) is 41.5. The predicted molar refractivity (Wildman–Crippen MR) is 287 cm³/mol. The molecular weight excluding hydrogens is 812 g/mol. The van der Waals surface area contributed by atoms with E-state index in [4.69, 9.17) is 9.97 Å². The fraction of sp³-hybridized carbons (Fsp3) is 0.258. The van der Waals surface area contributed by atoms with E-state index in [9.17, 15) is 0 Å². The Labute approximate surface area is 399 Å². The van der Waals surface area contributed by atoms with E-state index >= 15 is 0 Å². The molecule has 0 N–H and O–H groups in total. The summed E-state index contributed by atoms with van der Waals surface area (Å²) >= 11 is 0. The van der Waals surface area contributed by atoms with Crippen LogP contribution < -0.4 is 26.2 Å². The van der Waals surface area contributed by atoms with Crippen molar-refractivity contribution in [3.8, 4) is 33.9 Å². The van der Waals surface area contributed by atoms with Crippen LogP contribution >= 0.6 is 0 Å². The second-order valence-electron chi connectivity index (χ2n) is 22.9. The van der Waals surface area contributed by atoms with E-state index in [1.165, 1.54) is 50.0 Å². The maximum Gasteiger partial charge on any atom is 0.252 e. The Kier molecular flexibility index (Phi) is 10.5. The van der Waals surface area contributed by atoms with Crippen LogP contribution in [0.5, 0.6) is 0 Å². The Bertz CT molecular complexity index is 2910. The van der Waals surface area contributed by atoms with Crippen molar-refractivity contribution in [1.82, 2.24) is 9.97 Å². The molecule has 3 heterocycles. The first-order chi connectivity index (χ1) is 31.7. The zero-order valence-corrected chi connectivity index (χ0v) is 41.5. The Morgan fingerprint density at radius 1 is 0.343 bits per heavy atom. The lowest BCUT2D eigenvalue weighted by Gasteiger charge is -2.45. The average molecular weight is 875 g/mol. The van der Waals surface area contributed by atoms with E-state index in [2.05, 4.69) is 257 Å². The molecule has 2 aliphatic rings. The third-order valence-electron chi connectivity index (χ3n) is 13.8. The summed E-state index contributed by atoms with van der Waals surface area (Å²) in [4.78, 5) is 16.1. The number of anilines is 6. The fourth-order valence-electron chi connectivity index (χ4n) is 9.89. The van der Waals surface area contributed by atoms with Gasteiger partial charge in [-0.2, -0.15) is 0 Å². The van der Waals surface area contributed by atoms with Crippen molar-refractivity contribution in [2.45, 2.75) is 105 Å². The van der Waals surface area contributed by atoms with Crippen molar-refractivity contribution in [3.05, 3.63) is 186 Å². The van der Waals surface area contributed by atoms with Crippen LogP contribution in [0.2, 0.25) is 0 Å². The molecule has 0 fully saturated rings. The molecule has 8 aromatic rings. The van der Waals surface area contributed by atoms with Crippen LogP contribution in [0.1, 0.15) is 105 Å². The Morgan fingerprint density at radius 2 is 0.687 bits per heavy atom. The molecule has 0 bridgehead atoms. The Balaban J connectivity index is 1.35. The summed E-state index contributed by atoms with van der Waals surface area (Å²) < 4.78 is 0. The van der Waals surface area contributed by atoms with Crippen LogP contribution in [0.3, 0.4) is 0 Å². The normalized spacial score (nSPS) is 13.6. The van der Waals surface area contributed by atoms with Crippen molar-refractivity contribution >= 4 is 57.2 Å². The van der Waals surface area contributed by atoms with Gasteiger partial charge in [-0.15, -0.1) is 0 Å². The fourth-order valence-corrected chi connectivity index (χ4v) is 9.89. The van der Waals surface area contributed by atoms with E-state index < -0.39 is 0 Å². The maximum atomic E-state index is 5.48. The van der Waals surface area contributed by atoms with Gasteiger partial charge in [-0.25, -0.2) is 9.97 Å². The Hall–Kier alpha value is -6.72. The SMILES string of the molecule is CC(C)(C)c1cc(N2c3ccccc3B3c4ccccc4N(c4cc(C(C)(C)C)cc(C(C)(C)C)c4)c4cc(-c5nc(-c6ccccc6)cc(-c6ccccc6)n5)cc2c43)cc(C(C)(C)C)c1. The van der Waals surface area contributed by atoms with Gasteiger partial charge in [0.15, 0.2) is 5.82 Å². The van der Waals surface area contributed by atoms with E-state index in [0.29, 0.717) is 5.82 Å². The molecule has 0 atom stereocenters. The van der Waals surface area contributed by atoms with Crippen molar-refractivity contribution in [1.29, 1.82) is 0 Å². The summed E-state index contributed by atoms with van der Waals surface area (Å²) in [5.41, 5.74) is 20.6. The lowest BCUT2D eigenvalue weighted by molar-refractivity contribution is 0.568. The molecule has 7 aromatic carbocycles. The summed E-state index contributed by atoms with van der Waals surface area (Å²) in [5.74, 6) is 0.686. The molecule has 2 aliphatic heterocycles. The molecule has 334 valence electrons. The van der Waals surface area contributed by atoms with Crippen molar-refractivity contribution in [3.63, 3.8) is 0 Å². The zero-order chi connectivity index (χ0) is 47.2. The summed E-state index contributed by atoms with van der Waals surface area (Å²) in [7, 11) is 0. The summed E-state index contributed by atoms with van der Waals surface area (Å²) in [6, 6.07) is 60.7. The molecule has 0 unspecified atom stereocenters. The van der Waals surface area contributed by atoms with Crippen molar-refractivity contribution < 1.29 is 0 Å². The minimum absolute atomic E-state index is 0.0174. The van der Waals surface area contributed by atoms with Crippen LogP contribution in [0.15, 0.2) is 164 Å². The molecule has 0 saturated heterocycles. The number of rotatable bonds is 5. The second kappa shape index (κ2) is 16.0. The highest BCUT2D eigenvalue weighted by atomic mass is 15.2. The molecule has 10 rings (SSSR count). The number of hydrogen-bond acceptors (Lipinski definition) is 4. The van der Waals surface area contributed by atoms with E-state index in [1.807, 2.05) is 0 Å². The molecule has 67 heavy (non-hydrogen) atoms. The lowest BCUT2D eigenvalue weighted by Crippen LogP contribution is -2.61. The van der Waals surface area contributed by atoms with E-state index in [0.717, 1.165) is 50.8 Å². The first kappa shape index (κ1) is 44.1. The summed E-state index contributed by atoms with van der Waals surface area (Å²) in [6.45, 7) is 27.9. The third-order valence-corrected chi connectivity index (χ3v) is 13.8. The van der Waals surface area contributed by atoms with Gasteiger partial charge in [0.05, 0.1) is 11.4 Å². The lowest BCUT2D eigenvalue weighted by atomic mass is 9.33. The first-order valence-electron chi connectivity index (χ1n) is 24.0. The van der Waals surface area contributed by atoms with Crippen LogP contribution in [-0.2, 0) is 21.7 Å². The summed E-state index contributed by atoms with van der Waals surface area (Å²) in [5, 5.41) is 0. The molecule has 0 spiro atoms. The van der Waals surface area contributed by atoms with Crippen LogP contribution in [-0.4, -0.2) is 16.7 Å². The standard InChI is InChI=1S/C62H63BN4/c1-59(2,3)43-33-44(60(4,5)6)36-47(35-43)66-53-29-21-19-27-49(53)63-50-28-20-22-30-54(50)67(48-37-45(61(7,8)9)34-46(38-48)62(10,11)12)56-32-42(31-55(66)57(56)63)58-64-51(40-23-15-13-16-24-40)39-52(65-58)41-25-17-14-18-26-41/h13-39H,1-12H3. The molecule has 1 aromatic heterocycles. The molecule has 0 amide bonds. The minimum atomic E-state index is -0.0761. The van der Waals surface area contributed by atoms with Gasteiger partial charge in [0, 0.05) is 50.8 Å². The third kappa shape index (κ3) is 8.07. The average Bonchev–Trinajstić information content (AvgIpc) is 3.30. The number of hydrogen-bond donors (Lipinski definition) is 0. The number of para-hydroxylation sites is 2. The molecule has 0 radical (unpaired) electrons. The first-order valence-corrected chi connectivity index (χ1v) is 24.0. The van der Waals surface area contributed by atoms with E-state index in [-0.39, 0.29) is 28.4 Å². The van der Waals surface area contributed by atoms with Gasteiger partial charge in [-0.3, -0.25) is 0 Å². The summed E-state index contributed by atoms with van der Waals surface area (Å²) in [6.07, 6.45) is 0. The van der Waals surface area contributed by atoms with Gasteiger partial charge in [0.1, 0.15) is 0 Å². The van der Waals surface area contributed by atoms with Gasteiger partial charge in [-0.05, 0) is 115 Å². The topological polar surface area (TPSA) is 32.3 Å². The second-order valence-corrected chi connectivity index (χ2v) is 22.9. The van der Waals surface area contributed by atoms with Gasteiger partial charge in [-0.1, -0.05) is 192 Å². The highest BCUT2D eigenvalue weighted by Crippen LogP contribution is 2.48. The smallest absolute Gasteiger partial charge is 0.252 e. The molecule has 0 aliphatic carbocycles. The number of nitrogens with zero attached hydrogens (tertiary/aromatic N) is 4. The molecule has 4 nitrogen and oxygen atoms in total. The Morgan fingerprint density at radius 3 is 1.04 bits per heavy atom. The monoisotopic (exact) mass is 875 g/mol. The van der Waals surface area contributed by atoms with Crippen LogP contribution in [0.4, 0.5) is 34.1 Å².